The van der Waals surface area contributed by atoms with Crippen LogP contribution in [0.15, 0.2) is 0 Å². The molecule has 0 aliphatic carbocycles. The van der Waals surface area contributed by atoms with Crippen molar-refractivity contribution >= 4 is 11.9 Å². The van der Waals surface area contributed by atoms with Gasteiger partial charge in [-0.15, -0.1) is 0 Å². The zero-order valence-corrected chi connectivity index (χ0v) is 19.6. The van der Waals surface area contributed by atoms with Crippen LogP contribution in [0.5, 0.6) is 0 Å². The Morgan fingerprint density at radius 2 is 1.07 bits per heavy atom. The number of rotatable bonds is 18. The summed E-state index contributed by atoms with van der Waals surface area (Å²) in [6.07, 6.45) is 9.95. The zero-order chi connectivity index (χ0) is 22.1. The molecule has 0 bridgehead atoms. The van der Waals surface area contributed by atoms with E-state index >= 15 is 0 Å². The van der Waals surface area contributed by atoms with Crippen LogP contribution in [0, 0.1) is 11.8 Å². The second-order valence-corrected chi connectivity index (χ2v) is 8.05. The van der Waals surface area contributed by atoms with Crippen molar-refractivity contribution in [2.45, 2.75) is 117 Å². The molecule has 5 nitrogen and oxygen atoms in total. The van der Waals surface area contributed by atoms with Gasteiger partial charge in [-0.2, -0.15) is 0 Å². The Labute approximate surface area is 178 Å². The molecule has 5 heteroatoms. The Morgan fingerprint density at radius 1 is 0.690 bits per heavy atom. The molecule has 0 heterocycles. The number of aliphatic hydroxyl groups is 1. The second-order valence-electron chi connectivity index (χ2n) is 8.05. The second kappa shape index (κ2) is 16.7. The predicted octanol–water partition coefficient (Wildman–Crippen LogP) is 5.82. The maximum absolute atomic E-state index is 12.9. The van der Waals surface area contributed by atoms with E-state index in [1.807, 2.05) is 0 Å². The number of esters is 2. The summed E-state index contributed by atoms with van der Waals surface area (Å²) in [4.78, 5) is 25.8. The van der Waals surface area contributed by atoms with Crippen LogP contribution >= 0.6 is 0 Å². The van der Waals surface area contributed by atoms with E-state index in [0.29, 0.717) is 19.3 Å². The molecule has 0 saturated carbocycles. The van der Waals surface area contributed by atoms with Gasteiger partial charge in [0.05, 0.1) is 30.7 Å². The first-order valence-corrected chi connectivity index (χ1v) is 12.0. The molecule has 29 heavy (non-hydrogen) atoms. The molecule has 0 aromatic heterocycles. The first kappa shape index (κ1) is 27.9. The molecule has 0 radical (unpaired) electrons. The summed E-state index contributed by atoms with van der Waals surface area (Å²) in [5, 5.41) is 11.9. The number of carbonyl (C=O) groups is 2. The van der Waals surface area contributed by atoms with E-state index in [0.717, 1.165) is 57.8 Å². The van der Waals surface area contributed by atoms with Gasteiger partial charge in [0, 0.05) is 0 Å². The minimum atomic E-state index is -1.42. The van der Waals surface area contributed by atoms with Crippen molar-refractivity contribution in [1.82, 2.24) is 0 Å². The summed E-state index contributed by atoms with van der Waals surface area (Å²) in [5.41, 5.74) is -1.42. The number of ether oxygens (including phenoxy) is 2. The molecule has 0 fully saturated rings. The Balaban J connectivity index is 5.93. The summed E-state index contributed by atoms with van der Waals surface area (Å²) in [6, 6.07) is 0. The molecule has 0 aromatic carbocycles. The van der Waals surface area contributed by atoms with Gasteiger partial charge in [-0.1, -0.05) is 78.6 Å². The van der Waals surface area contributed by atoms with Crippen molar-refractivity contribution in [1.29, 1.82) is 0 Å². The lowest BCUT2D eigenvalue weighted by atomic mass is 9.70. The van der Waals surface area contributed by atoms with Crippen molar-refractivity contribution in [3.63, 3.8) is 0 Å². The molecule has 172 valence electrons. The van der Waals surface area contributed by atoms with Crippen molar-refractivity contribution < 1.29 is 24.2 Å². The maximum Gasteiger partial charge on any atom is 0.311 e. The van der Waals surface area contributed by atoms with Crippen LogP contribution in [0.25, 0.3) is 0 Å². The molecule has 0 rings (SSSR count). The van der Waals surface area contributed by atoms with Crippen LogP contribution in [-0.2, 0) is 19.1 Å². The molecule has 2 atom stereocenters. The summed E-state index contributed by atoms with van der Waals surface area (Å²) in [6.45, 7) is 10.4. The van der Waals surface area contributed by atoms with Gasteiger partial charge in [0.15, 0.2) is 0 Å². The summed E-state index contributed by atoms with van der Waals surface area (Å²) in [5.74, 6) is -2.15. The number of hydrogen-bond donors (Lipinski definition) is 1. The van der Waals surface area contributed by atoms with Crippen LogP contribution in [0.2, 0.25) is 0 Å². The molecule has 0 amide bonds. The van der Waals surface area contributed by atoms with Gasteiger partial charge in [-0.25, -0.2) is 0 Å². The third kappa shape index (κ3) is 9.97. The smallest absolute Gasteiger partial charge is 0.311 e. The van der Waals surface area contributed by atoms with Gasteiger partial charge in [0.1, 0.15) is 0 Å². The lowest BCUT2D eigenvalue weighted by Gasteiger charge is -2.40. The van der Waals surface area contributed by atoms with Crippen molar-refractivity contribution in [3.8, 4) is 0 Å². The highest BCUT2D eigenvalue weighted by atomic mass is 16.5. The van der Waals surface area contributed by atoms with Gasteiger partial charge in [0.2, 0.25) is 0 Å². The van der Waals surface area contributed by atoms with Crippen LogP contribution in [0.1, 0.15) is 112 Å². The summed E-state index contributed by atoms with van der Waals surface area (Å²) >= 11 is 0. The summed E-state index contributed by atoms with van der Waals surface area (Å²) in [7, 11) is 0. The highest BCUT2D eigenvalue weighted by molar-refractivity contribution is 5.78. The lowest BCUT2D eigenvalue weighted by Crippen LogP contribution is -2.52. The van der Waals surface area contributed by atoms with Crippen LogP contribution in [0.4, 0.5) is 0 Å². The van der Waals surface area contributed by atoms with E-state index in [9.17, 15) is 14.7 Å². The maximum atomic E-state index is 12.9. The van der Waals surface area contributed by atoms with Crippen LogP contribution in [-0.4, -0.2) is 35.9 Å². The minimum absolute atomic E-state index is 0.272. The number of carbonyl (C=O) groups excluding carboxylic acids is 2. The van der Waals surface area contributed by atoms with Crippen LogP contribution in [0.3, 0.4) is 0 Å². The number of unbranched alkanes of at least 4 members (excludes halogenated alkanes) is 6. The van der Waals surface area contributed by atoms with Gasteiger partial charge in [0.25, 0.3) is 0 Å². The van der Waals surface area contributed by atoms with E-state index in [4.69, 9.17) is 9.47 Å². The highest BCUT2D eigenvalue weighted by Gasteiger charge is 2.50. The molecule has 0 saturated heterocycles. The fraction of sp³-hybridized carbons (Fsp3) is 0.917. The van der Waals surface area contributed by atoms with Crippen LogP contribution < -0.4 is 0 Å². The van der Waals surface area contributed by atoms with Gasteiger partial charge >= 0.3 is 11.9 Å². The Morgan fingerprint density at radius 3 is 1.41 bits per heavy atom. The van der Waals surface area contributed by atoms with E-state index < -0.39 is 17.4 Å². The molecular weight excluding hydrogens is 368 g/mol. The molecule has 2 unspecified atom stereocenters. The average Bonchev–Trinajstić information content (AvgIpc) is 2.69. The van der Waals surface area contributed by atoms with Gasteiger partial charge < -0.3 is 14.6 Å². The third-order valence-corrected chi connectivity index (χ3v) is 5.72. The van der Waals surface area contributed by atoms with Crippen molar-refractivity contribution in [2.75, 3.05) is 13.2 Å². The predicted molar refractivity (Wildman–Crippen MR) is 118 cm³/mol. The Hall–Kier alpha value is -1.10. The molecule has 1 N–H and O–H groups in total. The molecule has 0 aromatic rings. The fourth-order valence-corrected chi connectivity index (χ4v) is 4.08. The highest BCUT2D eigenvalue weighted by Crippen LogP contribution is 2.39. The van der Waals surface area contributed by atoms with Crippen molar-refractivity contribution in [3.05, 3.63) is 0 Å². The average molecular weight is 415 g/mol. The fourth-order valence-electron chi connectivity index (χ4n) is 4.08. The third-order valence-electron chi connectivity index (χ3n) is 5.72. The van der Waals surface area contributed by atoms with E-state index in [1.54, 1.807) is 13.8 Å². The van der Waals surface area contributed by atoms with Gasteiger partial charge in [-0.3, -0.25) is 9.59 Å². The van der Waals surface area contributed by atoms with E-state index in [2.05, 4.69) is 20.8 Å². The van der Waals surface area contributed by atoms with E-state index in [1.165, 1.54) is 0 Å². The first-order chi connectivity index (χ1) is 13.9. The molecular formula is C24H46O5. The lowest BCUT2D eigenvalue weighted by molar-refractivity contribution is -0.177. The molecule has 0 aliphatic heterocycles. The molecule has 0 aliphatic rings. The first-order valence-electron chi connectivity index (χ1n) is 12.0. The summed E-state index contributed by atoms with van der Waals surface area (Å²) < 4.78 is 10.7. The zero-order valence-electron chi connectivity index (χ0n) is 19.6. The van der Waals surface area contributed by atoms with Gasteiger partial charge in [-0.05, 0) is 33.1 Å². The normalized spacial score (nSPS) is 15.4. The standard InChI is InChI=1S/C24H46O5/c1-6-11-14-17-20(22(25)28-9-4)24(27,19-16-13-8-3)21(18-15-12-7-2)23(26)29-10-5/h20-21,27H,6-19H2,1-5H3. The number of hydrogen-bond acceptors (Lipinski definition) is 5. The quantitative estimate of drug-likeness (QED) is 0.226. The Bertz CT molecular complexity index is 403. The SMILES string of the molecule is CCCCCC(C(=O)OCC)C(O)(CCCCC)C(CCCCC)C(=O)OCC. The molecule has 0 spiro atoms. The van der Waals surface area contributed by atoms with E-state index in [-0.39, 0.29) is 25.2 Å². The minimum Gasteiger partial charge on any atom is -0.466 e. The van der Waals surface area contributed by atoms with Crippen molar-refractivity contribution in [2.24, 2.45) is 11.8 Å². The Kier molecular flexibility index (Phi) is 16.0. The monoisotopic (exact) mass is 414 g/mol. The largest absolute Gasteiger partial charge is 0.466 e. The topological polar surface area (TPSA) is 72.8 Å².